The van der Waals surface area contributed by atoms with Crippen molar-refractivity contribution >= 4 is 44.9 Å². The minimum Gasteiger partial charge on any atom is -0.384 e. The van der Waals surface area contributed by atoms with Crippen LogP contribution in [0.4, 0.5) is 5.82 Å². The van der Waals surface area contributed by atoms with Crippen LogP contribution in [0.3, 0.4) is 0 Å². The zero-order valence-corrected chi connectivity index (χ0v) is 19.2. The van der Waals surface area contributed by atoms with Gasteiger partial charge in [-0.1, -0.05) is 49.0 Å². The van der Waals surface area contributed by atoms with E-state index in [0.717, 1.165) is 25.2 Å². The molecule has 0 saturated heterocycles. The van der Waals surface area contributed by atoms with Crippen molar-refractivity contribution < 1.29 is 4.79 Å². The number of thioether (sulfide) groups is 1. The lowest BCUT2D eigenvalue weighted by atomic mass is 10.2. The van der Waals surface area contributed by atoms with Crippen molar-refractivity contribution in [1.29, 1.82) is 0 Å². The molecule has 0 aliphatic rings. The maximum absolute atomic E-state index is 13.0. The fourth-order valence-electron chi connectivity index (χ4n) is 3.38. The zero-order valence-electron chi connectivity index (χ0n) is 17.6. The van der Waals surface area contributed by atoms with E-state index in [1.54, 1.807) is 11.3 Å². The molecule has 1 aromatic carbocycles. The third-order valence-electron chi connectivity index (χ3n) is 5.00. The van der Waals surface area contributed by atoms with Gasteiger partial charge in [0.25, 0.3) is 5.56 Å². The van der Waals surface area contributed by atoms with E-state index < -0.39 is 17.0 Å². The topological polar surface area (TPSA) is 113 Å². The average molecular weight is 468 g/mol. The highest BCUT2D eigenvalue weighted by atomic mass is 32.2. The Morgan fingerprint density at radius 1 is 1.19 bits per heavy atom. The van der Waals surface area contributed by atoms with Crippen LogP contribution in [0.15, 0.2) is 57.3 Å². The summed E-state index contributed by atoms with van der Waals surface area (Å²) in [6.07, 6.45) is 2.11. The first-order valence-corrected chi connectivity index (χ1v) is 11.8. The number of nitrogen functional groups attached to an aromatic ring is 1. The predicted molar refractivity (Wildman–Crippen MR) is 129 cm³/mol. The Morgan fingerprint density at radius 2 is 1.94 bits per heavy atom. The Hall–Kier alpha value is -3.24. The molecule has 0 radical (unpaired) electrons. The minimum absolute atomic E-state index is 0.0353. The van der Waals surface area contributed by atoms with Gasteiger partial charge in [-0.3, -0.25) is 18.7 Å². The quantitative estimate of drug-likeness (QED) is 0.252. The van der Waals surface area contributed by atoms with Gasteiger partial charge in [0.1, 0.15) is 27.6 Å². The van der Waals surface area contributed by atoms with Gasteiger partial charge in [0, 0.05) is 23.9 Å². The summed E-state index contributed by atoms with van der Waals surface area (Å²) in [4.78, 5) is 48.5. The number of nitrogens with zero attached hydrogens (tertiary/aromatic N) is 4. The third kappa shape index (κ3) is 3.98. The van der Waals surface area contributed by atoms with Crippen molar-refractivity contribution in [3.63, 3.8) is 0 Å². The summed E-state index contributed by atoms with van der Waals surface area (Å²) in [5.41, 5.74) is 5.78. The van der Waals surface area contributed by atoms with Crippen LogP contribution in [0.2, 0.25) is 0 Å². The number of benzene rings is 1. The number of rotatable bonds is 7. The van der Waals surface area contributed by atoms with Crippen molar-refractivity contribution in [2.45, 2.75) is 24.9 Å². The van der Waals surface area contributed by atoms with Crippen molar-refractivity contribution in [3.8, 4) is 10.4 Å². The molecule has 164 valence electrons. The number of fused-ring (bicyclic) bond motifs is 1. The smallest absolute Gasteiger partial charge is 0.332 e. The molecule has 8 nitrogen and oxygen atoms in total. The van der Waals surface area contributed by atoms with Crippen molar-refractivity contribution in [2.24, 2.45) is 7.05 Å². The largest absolute Gasteiger partial charge is 0.384 e. The molecule has 2 N–H and O–H groups in total. The number of carbonyl (C=O) groups excluding carboxylic acids is 1. The van der Waals surface area contributed by atoms with E-state index in [0.29, 0.717) is 18.0 Å². The summed E-state index contributed by atoms with van der Waals surface area (Å²) in [5.74, 6) is -0.560. The maximum atomic E-state index is 13.0. The highest BCUT2D eigenvalue weighted by molar-refractivity contribution is 8.00. The first-order valence-electron chi connectivity index (χ1n) is 9.97. The number of hydrogen-bond acceptors (Lipinski definition) is 8. The van der Waals surface area contributed by atoms with E-state index in [9.17, 15) is 14.4 Å². The van der Waals surface area contributed by atoms with Crippen LogP contribution < -0.4 is 17.0 Å². The molecular formula is C22H21N5O3S2. The molecule has 4 rings (SSSR count). The molecule has 0 aliphatic heterocycles. The van der Waals surface area contributed by atoms with Gasteiger partial charge in [-0.15, -0.1) is 11.3 Å². The second-order valence-electron chi connectivity index (χ2n) is 7.14. The average Bonchev–Trinajstić information content (AvgIpc) is 3.25. The standard InChI is InChI=1S/C22H21N5O3S2/c1-3-9-27-18(23)17(21(29)26(2)22(27)30)15(28)11-31-19-14-10-16(13-7-5-4-6-8-13)32-20(14)25-12-24-19/h4-8,10,12H,3,9,11,23H2,1-2H3. The van der Waals surface area contributed by atoms with Crippen LogP contribution in [0.1, 0.15) is 23.7 Å². The molecule has 0 saturated carbocycles. The van der Waals surface area contributed by atoms with E-state index >= 15 is 0 Å². The minimum atomic E-state index is -0.680. The van der Waals surface area contributed by atoms with Crippen molar-refractivity contribution in [2.75, 3.05) is 11.5 Å². The van der Waals surface area contributed by atoms with Gasteiger partial charge in [0.2, 0.25) is 0 Å². The van der Waals surface area contributed by atoms with Crippen LogP contribution in [0.5, 0.6) is 0 Å². The van der Waals surface area contributed by atoms with Crippen LogP contribution in [-0.2, 0) is 13.6 Å². The van der Waals surface area contributed by atoms with Crippen molar-refractivity contribution in [1.82, 2.24) is 19.1 Å². The van der Waals surface area contributed by atoms with Crippen molar-refractivity contribution in [3.05, 3.63) is 69.1 Å². The summed E-state index contributed by atoms with van der Waals surface area (Å²) in [7, 11) is 1.35. The molecule has 0 amide bonds. The second kappa shape index (κ2) is 9.09. The number of carbonyl (C=O) groups is 1. The molecule has 10 heteroatoms. The summed E-state index contributed by atoms with van der Waals surface area (Å²) in [5, 5.41) is 1.50. The summed E-state index contributed by atoms with van der Waals surface area (Å²) in [6, 6.07) is 12.0. The number of anilines is 1. The highest BCUT2D eigenvalue weighted by Crippen LogP contribution is 2.36. The monoisotopic (exact) mass is 467 g/mol. The number of thiophene rings is 1. The number of Topliss-reactive ketones (excluding diaryl/α,β-unsaturated/α-hetero) is 1. The second-order valence-corrected chi connectivity index (χ2v) is 9.14. The van der Waals surface area contributed by atoms with Gasteiger partial charge >= 0.3 is 5.69 Å². The molecule has 0 unspecified atom stereocenters. The zero-order chi connectivity index (χ0) is 22.8. The number of ketones is 1. The Bertz CT molecular complexity index is 1420. The van der Waals surface area contributed by atoms with Crippen LogP contribution in [0, 0.1) is 0 Å². The van der Waals surface area contributed by atoms with Gasteiger partial charge < -0.3 is 5.73 Å². The molecule has 0 aliphatic carbocycles. The van der Waals surface area contributed by atoms with Gasteiger partial charge in [-0.25, -0.2) is 14.8 Å². The molecule has 0 fully saturated rings. The predicted octanol–water partition coefficient (Wildman–Crippen LogP) is 3.19. The SMILES string of the molecule is CCCn1c(N)c(C(=O)CSc2ncnc3sc(-c4ccccc4)cc23)c(=O)n(C)c1=O. The Labute approximate surface area is 191 Å². The fraction of sp³-hybridized carbons (Fsp3) is 0.227. The maximum Gasteiger partial charge on any atom is 0.332 e. The van der Waals surface area contributed by atoms with E-state index in [4.69, 9.17) is 5.73 Å². The fourth-order valence-corrected chi connectivity index (χ4v) is 5.30. The Kier molecular flexibility index (Phi) is 6.24. The van der Waals surface area contributed by atoms with E-state index in [1.807, 2.05) is 43.3 Å². The van der Waals surface area contributed by atoms with E-state index in [-0.39, 0.29) is 17.1 Å². The highest BCUT2D eigenvalue weighted by Gasteiger charge is 2.22. The van der Waals surface area contributed by atoms with E-state index in [2.05, 4.69) is 9.97 Å². The van der Waals surface area contributed by atoms with Gasteiger partial charge in [-0.05, 0) is 18.1 Å². The molecular weight excluding hydrogens is 446 g/mol. The number of aromatic nitrogens is 4. The lowest BCUT2D eigenvalue weighted by molar-refractivity contribution is 0.102. The van der Waals surface area contributed by atoms with Crippen LogP contribution >= 0.6 is 23.1 Å². The van der Waals surface area contributed by atoms with Gasteiger partial charge in [0.05, 0.1) is 5.75 Å². The lowest BCUT2D eigenvalue weighted by Crippen LogP contribution is -2.42. The first-order chi connectivity index (χ1) is 15.4. The molecule has 0 atom stereocenters. The third-order valence-corrected chi connectivity index (χ3v) is 7.10. The molecule has 0 bridgehead atoms. The summed E-state index contributed by atoms with van der Waals surface area (Å²) < 4.78 is 2.20. The molecule has 4 aromatic rings. The Balaban J connectivity index is 1.65. The lowest BCUT2D eigenvalue weighted by Gasteiger charge is -2.13. The molecule has 0 spiro atoms. The summed E-state index contributed by atoms with van der Waals surface area (Å²) >= 11 is 2.77. The van der Waals surface area contributed by atoms with Gasteiger partial charge in [-0.2, -0.15) is 0 Å². The summed E-state index contributed by atoms with van der Waals surface area (Å²) in [6.45, 7) is 2.22. The number of hydrogen-bond donors (Lipinski definition) is 1. The van der Waals surface area contributed by atoms with Gasteiger partial charge in [0.15, 0.2) is 5.78 Å². The van der Waals surface area contributed by atoms with Crippen LogP contribution in [-0.4, -0.2) is 30.6 Å². The van der Waals surface area contributed by atoms with Crippen LogP contribution in [0.25, 0.3) is 20.7 Å². The molecule has 3 aromatic heterocycles. The number of nitrogens with two attached hydrogens (primary N) is 1. The first kappa shape index (κ1) is 22.0. The normalized spacial score (nSPS) is 11.2. The molecule has 3 heterocycles. The molecule has 32 heavy (non-hydrogen) atoms. The Morgan fingerprint density at radius 3 is 2.66 bits per heavy atom. The van der Waals surface area contributed by atoms with E-state index in [1.165, 1.54) is 29.7 Å².